The SMILES string of the molecule is C/C=C/C=C/CCCCCCC.NC(=O)Cc1ccc(O)cc1. The van der Waals surface area contributed by atoms with Crippen molar-refractivity contribution in [2.45, 2.75) is 58.8 Å². The third-order valence-electron chi connectivity index (χ3n) is 3.23. The number of primary amides is 1. The summed E-state index contributed by atoms with van der Waals surface area (Å²) in [5.74, 6) is -0.172. The molecule has 128 valence electrons. The molecule has 0 saturated heterocycles. The summed E-state index contributed by atoms with van der Waals surface area (Å²) in [6, 6.07) is 6.39. The third-order valence-corrected chi connectivity index (χ3v) is 3.23. The molecule has 0 aliphatic heterocycles. The number of rotatable bonds is 9. The molecule has 1 aromatic rings. The van der Waals surface area contributed by atoms with Crippen LogP contribution in [0.25, 0.3) is 0 Å². The van der Waals surface area contributed by atoms with E-state index in [-0.39, 0.29) is 18.1 Å². The number of carbonyl (C=O) groups is 1. The highest BCUT2D eigenvalue weighted by Gasteiger charge is 1.96. The van der Waals surface area contributed by atoms with E-state index in [4.69, 9.17) is 10.8 Å². The van der Waals surface area contributed by atoms with Crippen molar-refractivity contribution in [2.24, 2.45) is 5.73 Å². The van der Waals surface area contributed by atoms with Crippen LogP contribution in [0.2, 0.25) is 0 Å². The molecule has 3 heteroatoms. The third kappa shape index (κ3) is 14.7. The fourth-order valence-electron chi connectivity index (χ4n) is 1.97. The number of allylic oxidation sites excluding steroid dienone is 4. The summed E-state index contributed by atoms with van der Waals surface area (Å²) in [5.41, 5.74) is 5.78. The zero-order valence-electron chi connectivity index (χ0n) is 14.5. The highest BCUT2D eigenvalue weighted by Crippen LogP contribution is 2.09. The van der Waals surface area contributed by atoms with Gasteiger partial charge in [0.25, 0.3) is 0 Å². The molecule has 0 aliphatic rings. The summed E-state index contributed by atoms with van der Waals surface area (Å²) < 4.78 is 0. The summed E-state index contributed by atoms with van der Waals surface area (Å²) >= 11 is 0. The first-order chi connectivity index (χ1) is 11.1. The molecule has 0 spiro atoms. The van der Waals surface area contributed by atoms with E-state index < -0.39 is 0 Å². The van der Waals surface area contributed by atoms with Gasteiger partial charge in [-0.05, 0) is 37.5 Å². The monoisotopic (exact) mass is 317 g/mol. The minimum Gasteiger partial charge on any atom is -0.508 e. The normalized spacial score (nSPS) is 10.7. The van der Waals surface area contributed by atoms with E-state index in [1.54, 1.807) is 12.1 Å². The number of unbranched alkanes of at least 4 members (excludes halogenated alkanes) is 5. The number of nitrogens with two attached hydrogens (primary N) is 1. The number of hydrogen-bond donors (Lipinski definition) is 2. The zero-order valence-corrected chi connectivity index (χ0v) is 14.5. The van der Waals surface area contributed by atoms with Gasteiger partial charge in [-0.3, -0.25) is 4.79 Å². The Morgan fingerprint density at radius 2 is 1.74 bits per heavy atom. The Morgan fingerprint density at radius 3 is 2.30 bits per heavy atom. The van der Waals surface area contributed by atoms with Crippen LogP contribution in [0.3, 0.4) is 0 Å². The molecule has 3 N–H and O–H groups in total. The van der Waals surface area contributed by atoms with Crippen LogP contribution in [0, 0.1) is 0 Å². The van der Waals surface area contributed by atoms with E-state index in [2.05, 4.69) is 31.2 Å². The Balaban J connectivity index is 0.000000422. The molecule has 0 unspecified atom stereocenters. The standard InChI is InChI=1S/C12H22.C8H9NO2/c1-3-5-7-9-11-12-10-8-6-4-2;9-8(11)5-6-1-3-7(10)4-2-6/h3,5,7,9H,4,6,8,10-12H2,1-2H3;1-4,10H,5H2,(H2,9,11)/b5-3+,9-7+;. The van der Waals surface area contributed by atoms with Crippen LogP contribution >= 0.6 is 0 Å². The van der Waals surface area contributed by atoms with Crippen LogP contribution in [0.1, 0.15) is 57.9 Å². The zero-order chi connectivity index (χ0) is 17.3. The largest absolute Gasteiger partial charge is 0.508 e. The average molecular weight is 317 g/mol. The van der Waals surface area contributed by atoms with Gasteiger partial charge in [-0.1, -0.05) is 69.0 Å². The van der Waals surface area contributed by atoms with Gasteiger partial charge in [0.1, 0.15) is 5.75 Å². The first-order valence-corrected chi connectivity index (χ1v) is 8.44. The second-order valence-corrected chi connectivity index (χ2v) is 5.47. The highest BCUT2D eigenvalue weighted by molar-refractivity contribution is 5.76. The molecule has 0 fully saturated rings. The second-order valence-electron chi connectivity index (χ2n) is 5.47. The van der Waals surface area contributed by atoms with Gasteiger partial charge in [0.15, 0.2) is 0 Å². The van der Waals surface area contributed by atoms with E-state index in [9.17, 15) is 4.79 Å². The van der Waals surface area contributed by atoms with Crippen molar-refractivity contribution in [3.63, 3.8) is 0 Å². The number of phenols is 1. The van der Waals surface area contributed by atoms with E-state index in [1.165, 1.54) is 50.7 Å². The quantitative estimate of drug-likeness (QED) is 0.502. The lowest BCUT2D eigenvalue weighted by molar-refractivity contribution is -0.117. The first kappa shape index (κ1) is 21.0. The number of phenolic OH excluding ortho intramolecular Hbond substituents is 1. The van der Waals surface area contributed by atoms with Crippen LogP contribution in [-0.4, -0.2) is 11.0 Å². The Bertz CT molecular complexity index is 461. The molecule has 0 aliphatic carbocycles. The van der Waals surface area contributed by atoms with E-state index in [0.29, 0.717) is 0 Å². The maximum Gasteiger partial charge on any atom is 0.221 e. The molecule has 0 aromatic heterocycles. The summed E-state index contributed by atoms with van der Waals surface area (Å²) in [4.78, 5) is 10.4. The van der Waals surface area contributed by atoms with Crippen molar-refractivity contribution in [1.82, 2.24) is 0 Å². The maximum absolute atomic E-state index is 10.4. The number of hydrogen-bond acceptors (Lipinski definition) is 2. The maximum atomic E-state index is 10.4. The molecular weight excluding hydrogens is 286 g/mol. The molecule has 23 heavy (non-hydrogen) atoms. The van der Waals surface area contributed by atoms with Crippen molar-refractivity contribution >= 4 is 5.91 Å². The molecular formula is C20H31NO2. The van der Waals surface area contributed by atoms with Gasteiger partial charge in [0, 0.05) is 0 Å². The van der Waals surface area contributed by atoms with Crippen molar-refractivity contribution in [1.29, 1.82) is 0 Å². The fourth-order valence-corrected chi connectivity index (χ4v) is 1.97. The van der Waals surface area contributed by atoms with Gasteiger partial charge in [-0.15, -0.1) is 0 Å². The fraction of sp³-hybridized carbons (Fsp3) is 0.450. The molecule has 3 nitrogen and oxygen atoms in total. The number of benzene rings is 1. The number of aromatic hydroxyl groups is 1. The summed E-state index contributed by atoms with van der Waals surface area (Å²) in [5, 5.41) is 8.87. The summed E-state index contributed by atoms with van der Waals surface area (Å²) in [7, 11) is 0. The van der Waals surface area contributed by atoms with E-state index >= 15 is 0 Å². The predicted molar refractivity (Wildman–Crippen MR) is 98.3 cm³/mol. The smallest absolute Gasteiger partial charge is 0.221 e. The van der Waals surface area contributed by atoms with E-state index in [1.807, 2.05) is 6.92 Å². The second kappa shape index (κ2) is 14.9. The molecule has 0 heterocycles. The molecule has 1 aromatic carbocycles. The molecule has 0 radical (unpaired) electrons. The van der Waals surface area contributed by atoms with Crippen LogP contribution in [0.5, 0.6) is 5.75 Å². The molecule has 1 rings (SSSR count). The molecule has 1 amide bonds. The van der Waals surface area contributed by atoms with Crippen LogP contribution in [0.15, 0.2) is 48.6 Å². The summed E-state index contributed by atoms with van der Waals surface area (Å²) in [6.07, 6.45) is 16.9. The van der Waals surface area contributed by atoms with Crippen molar-refractivity contribution in [3.05, 3.63) is 54.1 Å². The van der Waals surface area contributed by atoms with Gasteiger partial charge in [0.2, 0.25) is 5.91 Å². The highest BCUT2D eigenvalue weighted by atomic mass is 16.3. The lowest BCUT2D eigenvalue weighted by Crippen LogP contribution is -2.13. The predicted octanol–water partition coefficient (Wildman–Crippen LogP) is 4.90. The molecule has 0 atom stereocenters. The Kier molecular flexibility index (Phi) is 13.6. The van der Waals surface area contributed by atoms with Crippen molar-refractivity contribution in [3.8, 4) is 5.75 Å². The lowest BCUT2D eigenvalue weighted by Gasteiger charge is -1.96. The van der Waals surface area contributed by atoms with Gasteiger partial charge in [-0.25, -0.2) is 0 Å². The first-order valence-electron chi connectivity index (χ1n) is 8.44. The average Bonchev–Trinajstić information content (AvgIpc) is 2.52. The van der Waals surface area contributed by atoms with Crippen LogP contribution < -0.4 is 5.73 Å². The van der Waals surface area contributed by atoms with Gasteiger partial charge >= 0.3 is 0 Å². The lowest BCUT2D eigenvalue weighted by atomic mass is 10.1. The Hall–Kier alpha value is -2.03. The van der Waals surface area contributed by atoms with Gasteiger partial charge in [-0.2, -0.15) is 0 Å². The Labute approximate surface area is 140 Å². The number of amides is 1. The van der Waals surface area contributed by atoms with Gasteiger partial charge < -0.3 is 10.8 Å². The Morgan fingerprint density at radius 1 is 1.09 bits per heavy atom. The van der Waals surface area contributed by atoms with Crippen LogP contribution in [0.4, 0.5) is 0 Å². The topological polar surface area (TPSA) is 63.3 Å². The minimum atomic E-state index is -0.365. The van der Waals surface area contributed by atoms with Crippen molar-refractivity contribution < 1.29 is 9.90 Å². The number of carbonyl (C=O) groups excluding carboxylic acids is 1. The van der Waals surface area contributed by atoms with Crippen LogP contribution in [-0.2, 0) is 11.2 Å². The minimum absolute atomic E-state index is 0.193. The van der Waals surface area contributed by atoms with Gasteiger partial charge in [0.05, 0.1) is 6.42 Å². The van der Waals surface area contributed by atoms with E-state index in [0.717, 1.165) is 5.56 Å². The van der Waals surface area contributed by atoms with Crippen molar-refractivity contribution in [2.75, 3.05) is 0 Å². The summed E-state index contributed by atoms with van der Waals surface area (Å²) in [6.45, 7) is 4.30. The molecule has 0 bridgehead atoms. The molecule has 0 saturated carbocycles.